The fraction of sp³-hybridized carbons (Fsp3) is 0.667. The van der Waals surface area contributed by atoms with Gasteiger partial charge >= 0.3 is 14.8 Å². The topological polar surface area (TPSA) is 91.0 Å². The molecular weight excluding hydrogens is 230 g/mol. The highest BCUT2D eigenvalue weighted by atomic mass is 28.4. The number of carbonyl (C=O) groups is 1. The zero-order valence-corrected chi connectivity index (χ0v) is 11.0. The molecule has 0 saturated heterocycles. The van der Waals surface area contributed by atoms with Gasteiger partial charge in [-0.25, -0.2) is 4.79 Å². The van der Waals surface area contributed by atoms with Crippen molar-refractivity contribution < 1.29 is 23.2 Å². The highest BCUT2D eigenvalue weighted by molar-refractivity contribution is 6.61. The van der Waals surface area contributed by atoms with Gasteiger partial charge in [-0.1, -0.05) is 12.2 Å². The van der Waals surface area contributed by atoms with Crippen molar-refractivity contribution >= 4 is 14.8 Å². The van der Waals surface area contributed by atoms with E-state index >= 15 is 0 Å². The molecule has 0 aliphatic carbocycles. The number of carboxylic acid groups (broad SMARTS) is 1. The summed E-state index contributed by atoms with van der Waals surface area (Å²) in [6.07, 6.45) is 2.97. The summed E-state index contributed by atoms with van der Waals surface area (Å²) in [5.74, 6) is -1.14. The van der Waals surface area contributed by atoms with E-state index in [0.29, 0.717) is 0 Å². The largest absolute Gasteiger partial charge is 0.502 e. The monoisotopic (exact) mass is 249 g/mol. The molecule has 0 aromatic rings. The Morgan fingerprint density at radius 3 is 2.06 bits per heavy atom. The number of aliphatic carboxylic acids is 1. The minimum absolute atomic E-state index is 0.0246. The first-order chi connectivity index (χ1) is 7.39. The third-order valence-electron chi connectivity index (χ3n) is 2.30. The number of allylic oxidation sites excluding steroid dienone is 1. The Bertz CT molecular complexity index is 258. The highest BCUT2D eigenvalue weighted by Gasteiger charge is 2.48. The second-order valence-corrected chi connectivity index (χ2v) is 6.26. The summed E-state index contributed by atoms with van der Waals surface area (Å²) in [6, 6.07) is -0.0246. The van der Waals surface area contributed by atoms with Crippen molar-refractivity contribution in [2.24, 2.45) is 5.73 Å². The van der Waals surface area contributed by atoms with Crippen LogP contribution in [-0.4, -0.2) is 46.7 Å². The van der Waals surface area contributed by atoms with Gasteiger partial charge < -0.3 is 24.1 Å². The molecule has 0 bridgehead atoms. The van der Waals surface area contributed by atoms with Gasteiger partial charge in [0.05, 0.1) is 6.04 Å². The zero-order valence-electron chi connectivity index (χ0n) is 10.0. The summed E-state index contributed by atoms with van der Waals surface area (Å²) in [5, 5.41) is 9.09. The van der Waals surface area contributed by atoms with Gasteiger partial charge in [0, 0.05) is 21.3 Å². The second kappa shape index (κ2) is 6.11. The van der Waals surface area contributed by atoms with E-state index < -0.39 is 20.3 Å². The van der Waals surface area contributed by atoms with Crippen LogP contribution in [0.3, 0.4) is 0 Å². The Morgan fingerprint density at radius 2 is 1.81 bits per heavy atom. The number of carboxylic acids is 1. The minimum atomic E-state index is -3.01. The molecule has 0 saturated carbocycles. The lowest BCUT2D eigenvalue weighted by Gasteiger charge is -2.30. The first-order valence-electron chi connectivity index (χ1n) is 4.71. The molecule has 0 fully saturated rings. The molecule has 0 aliphatic rings. The molecule has 0 aliphatic heterocycles. The van der Waals surface area contributed by atoms with Crippen molar-refractivity contribution in [2.75, 3.05) is 21.3 Å². The number of rotatable bonds is 7. The molecule has 1 unspecified atom stereocenters. The van der Waals surface area contributed by atoms with Gasteiger partial charge in [0.25, 0.3) is 0 Å². The minimum Gasteiger partial charge on any atom is -0.480 e. The highest BCUT2D eigenvalue weighted by Crippen LogP contribution is 2.22. The smallest absolute Gasteiger partial charge is 0.480 e. The molecule has 1 atom stereocenters. The molecule has 7 heteroatoms. The van der Waals surface area contributed by atoms with Crippen molar-refractivity contribution in [3.8, 4) is 0 Å². The average molecular weight is 249 g/mol. The van der Waals surface area contributed by atoms with E-state index in [1.165, 1.54) is 27.4 Å². The van der Waals surface area contributed by atoms with E-state index in [9.17, 15) is 4.79 Å². The lowest BCUT2D eigenvalue weighted by molar-refractivity contribution is -0.141. The fourth-order valence-corrected chi connectivity index (χ4v) is 3.25. The van der Waals surface area contributed by atoms with Gasteiger partial charge in [0.15, 0.2) is 0 Å². The maximum atomic E-state index is 11.1. The SMILES string of the molecule is CC=CC(N)(C[Si](OC)(OC)OC)C(=O)O. The molecule has 6 nitrogen and oxygen atoms in total. The number of hydrogen-bond donors (Lipinski definition) is 2. The van der Waals surface area contributed by atoms with Crippen molar-refractivity contribution in [2.45, 2.75) is 18.5 Å². The van der Waals surface area contributed by atoms with Gasteiger partial charge in [-0.3, -0.25) is 0 Å². The van der Waals surface area contributed by atoms with Crippen LogP contribution in [0, 0.1) is 0 Å². The van der Waals surface area contributed by atoms with E-state index in [-0.39, 0.29) is 6.04 Å². The summed E-state index contributed by atoms with van der Waals surface area (Å²) < 4.78 is 15.4. The predicted octanol–water partition coefficient (Wildman–Crippen LogP) is 0.223. The first-order valence-corrected chi connectivity index (χ1v) is 6.64. The summed E-state index contributed by atoms with van der Waals surface area (Å²) in [5.41, 5.74) is 4.23. The van der Waals surface area contributed by atoms with Crippen LogP contribution >= 0.6 is 0 Å². The van der Waals surface area contributed by atoms with Crippen LogP contribution in [0.1, 0.15) is 6.92 Å². The van der Waals surface area contributed by atoms with Crippen LogP contribution in [0.2, 0.25) is 6.04 Å². The van der Waals surface area contributed by atoms with Crippen LogP contribution in [0.15, 0.2) is 12.2 Å². The molecule has 0 aromatic carbocycles. The second-order valence-electron chi connectivity index (χ2n) is 3.32. The molecule has 3 N–H and O–H groups in total. The summed E-state index contributed by atoms with van der Waals surface area (Å²) in [4.78, 5) is 11.1. The molecule has 16 heavy (non-hydrogen) atoms. The Balaban J connectivity index is 5.06. The van der Waals surface area contributed by atoms with Gasteiger partial charge in [-0.05, 0) is 6.92 Å². The summed E-state index contributed by atoms with van der Waals surface area (Å²) in [6.45, 7) is 1.69. The Morgan fingerprint density at radius 1 is 1.38 bits per heavy atom. The summed E-state index contributed by atoms with van der Waals surface area (Å²) in [7, 11) is 1.23. The van der Waals surface area contributed by atoms with Crippen molar-refractivity contribution in [3.63, 3.8) is 0 Å². The van der Waals surface area contributed by atoms with Crippen LogP contribution in [-0.2, 0) is 18.1 Å². The molecular formula is C9H19NO5Si. The predicted molar refractivity (Wildman–Crippen MR) is 61.0 cm³/mol. The molecule has 0 spiro atoms. The maximum Gasteiger partial charge on any atom is 0.502 e. The van der Waals surface area contributed by atoms with Crippen molar-refractivity contribution in [1.29, 1.82) is 0 Å². The third-order valence-corrected chi connectivity index (χ3v) is 5.19. The van der Waals surface area contributed by atoms with Crippen LogP contribution in [0.5, 0.6) is 0 Å². The van der Waals surface area contributed by atoms with E-state index in [2.05, 4.69) is 0 Å². The van der Waals surface area contributed by atoms with Crippen molar-refractivity contribution in [3.05, 3.63) is 12.2 Å². The van der Waals surface area contributed by atoms with Crippen LogP contribution in [0.4, 0.5) is 0 Å². The molecule has 0 rings (SSSR count). The van der Waals surface area contributed by atoms with E-state index in [1.54, 1.807) is 13.0 Å². The maximum absolute atomic E-state index is 11.1. The molecule has 0 radical (unpaired) electrons. The zero-order chi connectivity index (χ0) is 12.8. The lowest BCUT2D eigenvalue weighted by Crippen LogP contribution is -2.56. The third kappa shape index (κ3) is 3.39. The van der Waals surface area contributed by atoms with E-state index in [0.717, 1.165) is 0 Å². The Labute approximate surface area is 96.4 Å². The Hall–Kier alpha value is -0.733. The Kier molecular flexibility index (Phi) is 5.83. The summed E-state index contributed by atoms with van der Waals surface area (Å²) >= 11 is 0. The molecule has 0 heterocycles. The van der Waals surface area contributed by atoms with Gasteiger partial charge in [0.2, 0.25) is 0 Å². The first kappa shape index (κ1) is 15.3. The number of hydrogen-bond acceptors (Lipinski definition) is 5. The van der Waals surface area contributed by atoms with Crippen molar-refractivity contribution in [1.82, 2.24) is 0 Å². The molecule has 94 valence electrons. The molecule has 0 amide bonds. The van der Waals surface area contributed by atoms with E-state index in [1.807, 2.05) is 0 Å². The molecule has 0 aromatic heterocycles. The van der Waals surface area contributed by atoms with Gasteiger partial charge in [-0.15, -0.1) is 0 Å². The quantitative estimate of drug-likeness (QED) is 0.495. The average Bonchev–Trinajstić information content (AvgIpc) is 2.26. The van der Waals surface area contributed by atoms with E-state index in [4.69, 9.17) is 24.1 Å². The van der Waals surface area contributed by atoms with Gasteiger partial charge in [-0.2, -0.15) is 0 Å². The lowest BCUT2D eigenvalue weighted by atomic mass is 10.0. The van der Waals surface area contributed by atoms with Gasteiger partial charge in [0.1, 0.15) is 5.54 Å². The van der Waals surface area contributed by atoms with Crippen LogP contribution < -0.4 is 5.73 Å². The van der Waals surface area contributed by atoms with Crippen LogP contribution in [0.25, 0.3) is 0 Å². The standard InChI is InChI=1S/C9H19NO5Si/c1-5-6-9(10,8(11)12)7-16(13-2,14-3)15-4/h5-6H,7,10H2,1-4H3,(H,11,12). The fourth-order valence-electron chi connectivity index (χ4n) is 1.33. The number of nitrogens with two attached hydrogens (primary N) is 1. The normalized spacial score (nSPS) is 16.3.